The van der Waals surface area contributed by atoms with Crippen LogP contribution in [0.15, 0.2) is 18.5 Å². The second-order valence-corrected chi connectivity index (χ2v) is 6.34. The van der Waals surface area contributed by atoms with Crippen LogP contribution >= 0.6 is 0 Å². The van der Waals surface area contributed by atoms with Gasteiger partial charge in [-0.1, -0.05) is 0 Å². The van der Waals surface area contributed by atoms with E-state index >= 15 is 0 Å². The highest BCUT2D eigenvalue weighted by Gasteiger charge is 2.35. The summed E-state index contributed by atoms with van der Waals surface area (Å²) in [5.74, 6) is 0.270. The molecule has 1 saturated heterocycles. The normalized spacial score (nSPS) is 19.4. The average Bonchev–Trinajstić information content (AvgIpc) is 3.12. The predicted octanol–water partition coefficient (Wildman–Crippen LogP) is 1.99. The molecule has 1 N–H and O–H groups in total. The van der Waals surface area contributed by atoms with Crippen LogP contribution in [0.2, 0.25) is 0 Å². The van der Waals surface area contributed by atoms with Crippen molar-refractivity contribution in [2.45, 2.75) is 45.7 Å². The molecule has 0 radical (unpaired) electrons. The highest BCUT2D eigenvalue weighted by atomic mass is 16.2. The fourth-order valence-electron chi connectivity index (χ4n) is 3.56. The SMILES string of the molecule is Cc1nn(C)c(C)c1C1CCCN1C(C)C(=O)Nc1ncccn1. The number of carbonyl (C=O) groups is 1. The van der Waals surface area contributed by atoms with Gasteiger partial charge in [-0.05, 0) is 46.2 Å². The van der Waals surface area contributed by atoms with Gasteiger partial charge in [0.1, 0.15) is 0 Å². The molecule has 0 aromatic carbocycles. The van der Waals surface area contributed by atoms with Crippen molar-refractivity contribution in [1.82, 2.24) is 24.6 Å². The molecule has 128 valence electrons. The van der Waals surface area contributed by atoms with Crippen molar-refractivity contribution in [3.63, 3.8) is 0 Å². The Morgan fingerprint density at radius 1 is 1.33 bits per heavy atom. The second kappa shape index (κ2) is 6.68. The third-order valence-corrected chi connectivity index (χ3v) is 4.87. The van der Waals surface area contributed by atoms with Crippen LogP contribution in [0, 0.1) is 13.8 Å². The molecule has 1 aliphatic rings. The molecule has 3 heterocycles. The summed E-state index contributed by atoms with van der Waals surface area (Å²) in [6.07, 6.45) is 5.37. The zero-order valence-corrected chi connectivity index (χ0v) is 14.7. The smallest absolute Gasteiger partial charge is 0.243 e. The minimum Gasteiger partial charge on any atom is -0.293 e. The summed E-state index contributed by atoms with van der Waals surface area (Å²) in [4.78, 5) is 23.0. The first kappa shape index (κ1) is 16.6. The van der Waals surface area contributed by atoms with Gasteiger partial charge in [0.2, 0.25) is 11.9 Å². The predicted molar refractivity (Wildman–Crippen MR) is 91.5 cm³/mol. The number of carbonyl (C=O) groups excluding carboxylic acids is 1. The molecule has 0 aliphatic carbocycles. The van der Waals surface area contributed by atoms with Crippen LogP contribution in [-0.2, 0) is 11.8 Å². The summed E-state index contributed by atoms with van der Waals surface area (Å²) >= 11 is 0. The Kier molecular flexibility index (Phi) is 4.62. The summed E-state index contributed by atoms with van der Waals surface area (Å²) < 4.78 is 1.92. The number of rotatable bonds is 4. The molecule has 0 bridgehead atoms. The Morgan fingerprint density at radius 3 is 2.67 bits per heavy atom. The maximum absolute atomic E-state index is 12.6. The van der Waals surface area contributed by atoms with E-state index in [2.05, 4.69) is 32.2 Å². The van der Waals surface area contributed by atoms with E-state index in [1.54, 1.807) is 18.5 Å². The van der Waals surface area contributed by atoms with Gasteiger partial charge in [-0.25, -0.2) is 9.97 Å². The minimum absolute atomic E-state index is 0.0766. The molecule has 3 rings (SSSR count). The highest BCUT2D eigenvalue weighted by Crippen LogP contribution is 2.36. The van der Waals surface area contributed by atoms with Crippen molar-refractivity contribution in [3.05, 3.63) is 35.4 Å². The Morgan fingerprint density at radius 2 is 2.04 bits per heavy atom. The zero-order valence-electron chi connectivity index (χ0n) is 14.7. The van der Waals surface area contributed by atoms with E-state index in [9.17, 15) is 4.79 Å². The number of nitrogens with one attached hydrogen (secondary N) is 1. The van der Waals surface area contributed by atoms with Crippen molar-refractivity contribution in [2.24, 2.45) is 7.05 Å². The number of nitrogens with zero attached hydrogens (tertiary/aromatic N) is 5. The van der Waals surface area contributed by atoms with Gasteiger partial charge in [-0.2, -0.15) is 5.10 Å². The molecule has 7 heteroatoms. The maximum atomic E-state index is 12.6. The Hall–Kier alpha value is -2.28. The lowest BCUT2D eigenvalue weighted by atomic mass is 10.0. The molecular weight excluding hydrogens is 304 g/mol. The van der Waals surface area contributed by atoms with Gasteiger partial charge in [-0.15, -0.1) is 0 Å². The summed E-state index contributed by atoms with van der Waals surface area (Å²) in [5.41, 5.74) is 3.47. The van der Waals surface area contributed by atoms with Crippen LogP contribution < -0.4 is 5.32 Å². The van der Waals surface area contributed by atoms with Gasteiger partial charge in [0, 0.05) is 36.7 Å². The molecule has 2 atom stereocenters. The fraction of sp³-hybridized carbons (Fsp3) is 0.529. The van der Waals surface area contributed by atoms with Crippen LogP contribution in [0.1, 0.15) is 42.8 Å². The van der Waals surface area contributed by atoms with E-state index < -0.39 is 0 Å². The zero-order chi connectivity index (χ0) is 17.3. The van der Waals surface area contributed by atoms with Crippen molar-refractivity contribution in [2.75, 3.05) is 11.9 Å². The van der Waals surface area contributed by atoms with E-state index in [-0.39, 0.29) is 18.0 Å². The molecule has 2 unspecified atom stereocenters. The highest BCUT2D eigenvalue weighted by molar-refractivity contribution is 5.93. The lowest BCUT2D eigenvalue weighted by Gasteiger charge is -2.30. The van der Waals surface area contributed by atoms with Crippen LogP contribution in [0.4, 0.5) is 5.95 Å². The number of anilines is 1. The number of aryl methyl sites for hydroxylation is 2. The van der Waals surface area contributed by atoms with E-state index in [1.165, 1.54) is 11.3 Å². The summed E-state index contributed by atoms with van der Waals surface area (Å²) in [5, 5.41) is 7.33. The number of hydrogen-bond acceptors (Lipinski definition) is 5. The molecule has 1 aliphatic heterocycles. The minimum atomic E-state index is -0.250. The van der Waals surface area contributed by atoms with Crippen molar-refractivity contribution in [1.29, 1.82) is 0 Å². The number of hydrogen-bond donors (Lipinski definition) is 1. The summed E-state index contributed by atoms with van der Waals surface area (Å²) in [6, 6.07) is 1.71. The monoisotopic (exact) mass is 328 g/mol. The average molecular weight is 328 g/mol. The maximum Gasteiger partial charge on any atom is 0.243 e. The Labute approximate surface area is 142 Å². The Balaban J connectivity index is 1.78. The molecule has 2 aromatic rings. The molecule has 2 aromatic heterocycles. The van der Waals surface area contributed by atoms with Crippen LogP contribution in [0.5, 0.6) is 0 Å². The fourth-order valence-corrected chi connectivity index (χ4v) is 3.56. The number of amides is 1. The first-order chi connectivity index (χ1) is 11.5. The number of aromatic nitrogens is 4. The van der Waals surface area contributed by atoms with Gasteiger partial charge >= 0.3 is 0 Å². The summed E-state index contributed by atoms with van der Waals surface area (Å²) in [7, 11) is 1.97. The largest absolute Gasteiger partial charge is 0.293 e. The van der Waals surface area contributed by atoms with Crippen LogP contribution in [-0.4, -0.2) is 43.1 Å². The van der Waals surface area contributed by atoms with E-state index in [1.807, 2.05) is 25.6 Å². The van der Waals surface area contributed by atoms with Crippen LogP contribution in [0.25, 0.3) is 0 Å². The van der Waals surface area contributed by atoms with Crippen molar-refractivity contribution < 1.29 is 4.79 Å². The third kappa shape index (κ3) is 3.03. The molecule has 1 amide bonds. The molecule has 0 spiro atoms. The summed E-state index contributed by atoms with van der Waals surface area (Å²) in [6.45, 7) is 6.98. The standard InChI is InChI=1S/C17H24N6O/c1-11-15(12(2)22(4)21-11)14-7-5-10-23(14)13(3)16(24)20-17-18-8-6-9-19-17/h6,8-9,13-14H,5,7,10H2,1-4H3,(H,18,19,20,24). The van der Waals surface area contributed by atoms with Gasteiger partial charge in [0.15, 0.2) is 0 Å². The van der Waals surface area contributed by atoms with E-state index in [0.29, 0.717) is 5.95 Å². The molecule has 1 fully saturated rings. The van der Waals surface area contributed by atoms with Gasteiger partial charge in [-0.3, -0.25) is 19.7 Å². The van der Waals surface area contributed by atoms with Gasteiger partial charge in [0.25, 0.3) is 0 Å². The first-order valence-electron chi connectivity index (χ1n) is 8.32. The lowest BCUT2D eigenvalue weighted by Crippen LogP contribution is -2.42. The van der Waals surface area contributed by atoms with Gasteiger partial charge < -0.3 is 0 Å². The molecule has 24 heavy (non-hydrogen) atoms. The van der Waals surface area contributed by atoms with Crippen LogP contribution in [0.3, 0.4) is 0 Å². The van der Waals surface area contributed by atoms with Crippen molar-refractivity contribution >= 4 is 11.9 Å². The number of likely N-dealkylation sites (tertiary alicyclic amines) is 1. The molecule has 0 saturated carbocycles. The molecule has 7 nitrogen and oxygen atoms in total. The molecular formula is C17H24N6O. The Bertz CT molecular complexity index is 726. The van der Waals surface area contributed by atoms with E-state index in [4.69, 9.17) is 0 Å². The topological polar surface area (TPSA) is 75.9 Å². The second-order valence-electron chi connectivity index (χ2n) is 6.34. The van der Waals surface area contributed by atoms with Crippen molar-refractivity contribution in [3.8, 4) is 0 Å². The third-order valence-electron chi connectivity index (χ3n) is 4.87. The van der Waals surface area contributed by atoms with Gasteiger partial charge in [0.05, 0.1) is 11.7 Å². The van der Waals surface area contributed by atoms with E-state index in [0.717, 1.165) is 25.1 Å². The quantitative estimate of drug-likeness (QED) is 0.929. The lowest BCUT2D eigenvalue weighted by molar-refractivity contribution is -0.121. The first-order valence-corrected chi connectivity index (χ1v) is 8.32.